The molecule has 1 aliphatic rings. The van der Waals surface area contributed by atoms with E-state index in [1.54, 1.807) is 36.5 Å². The molecular formula is C27H23Cl2N9O. The molecule has 3 N–H and O–H groups in total. The number of amides is 2. The highest BCUT2D eigenvalue weighted by Crippen LogP contribution is 2.34. The molecule has 0 saturated heterocycles. The van der Waals surface area contributed by atoms with Gasteiger partial charge < -0.3 is 15.6 Å². The Hall–Kier alpha value is -4.41. The molecule has 0 atom stereocenters. The minimum Gasteiger partial charge on any atom is -0.326 e. The van der Waals surface area contributed by atoms with Crippen molar-refractivity contribution in [2.75, 3.05) is 27.5 Å². The van der Waals surface area contributed by atoms with Crippen LogP contribution in [0.5, 0.6) is 0 Å². The molecule has 0 aliphatic carbocycles. The molecule has 196 valence electrons. The van der Waals surface area contributed by atoms with E-state index in [-0.39, 0.29) is 6.03 Å². The number of urea groups is 1. The van der Waals surface area contributed by atoms with Crippen LogP contribution in [-0.4, -0.2) is 38.0 Å². The van der Waals surface area contributed by atoms with Gasteiger partial charge in [0.25, 0.3) is 0 Å². The van der Waals surface area contributed by atoms with Crippen LogP contribution in [0.4, 0.5) is 39.6 Å². The molecule has 0 radical (unpaired) electrons. The second-order valence-electron chi connectivity index (χ2n) is 9.28. The summed E-state index contributed by atoms with van der Waals surface area (Å²) in [6.07, 6.45) is 3.46. The molecule has 4 heterocycles. The molecule has 0 spiro atoms. The Morgan fingerprint density at radius 1 is 0.923 bits per heavy atom. The summed E-state index contributed by atoms with van der Waals surface area (Å²) in [5.74, 6) is 1.48. The Labute approximate surface area is 234 Å². The Morgan fingerprint density at radius 2 is 1.72 bits per heavy atom. The summed E-state index contributed by atoms with van der Waals surface area (Å²) in [5.41, 5.74) is 6.43. The lowest BCUT2D eigenvalue weighted by atomic mass is 10.1. The van der Waals surface area contributed by atoms with Crippen molar-refractivity contribution in [3.63, 3.8) is 0 Å². The van der Waals surface area contributed by atoms with Gasteiger partial charge in [0.2, 0.25) is 11.9 Å². The molecule has 3 aromatic heterocycles. The Bertz CT molecular complexity index is 1700. The highest BCUT2D eigenvalue weighted by Gasteiger charge is 2.31. The van der Waals surface area contributed by atoms with Gasteiger partial charge in [-0.3, -0.25) is 14.8 Å². The van der Waals surface area contributed by atoms with Gasteiger partial charge in [-0.05, 0) is 55.8 Å². The predicted molar refractivity (Wildman–Crippen MR) is 155 cm³/mol. The first kappa shape index (κ1) is 24.9. The Kier molecular flexibility index (Phi) is 6.20. The summed E-state index contributed by atoms with van der Waals surface area (Å²) in [4.78, 5) is 37.8. The highest BCUT2D eigenvalue weighted by atomic mass is 35.5. The zero-order chi connectivity index (χ0) is 27.3. The zero-order valence-electron chi connectivity index (χ0n) is 21.3. The lowest BCUT2D eigenvalue weighted by Crippen LogP contribution is -2.46. The van der Waals surface area contributed by atoms with Crippen LogP contribution < -0.4 is 20.4 Å². The Balaban J connectivity index is 1.26. The Morgan fingerprint density at radius 3 is 2.51 bits per heavy atom. The van der Waals surface area contributed by atoms with Crippen LogP contribution in [0.15, 0.2) is 54.9 Å². The number of aromatic nitrogens is 5. The van der Waals surface area contributed by atoms with Crippen molar-refractivity contribution >= 4 is 75.0 Å². The molecule has 2 aromatic carbocycles. The average molecular weight is 560 g/mol. The molecule has 0 unspecified atom stereocenters. The van der Waals surface area contributed by atoms with Gasteiger partial charge in [-0.15, -0.1) is 0 Å². The number of halogens is 2. The number of pyridine rings is 1. The van der Waals surface area contributed by atoms with Gasteiger partial charge in [0, 0.05) is 30.2 Å². The van der Waals surface area contributed by atoms with Crippen LogP contribution >= 0.6 is 23.2 Å². The maximum absolute atomic E-state index is 13.5. The van der Waals surface area contributed by atoms with Crippen LogP contribution in [0.2, 0.25) is 10.0 Å². The smallest absolute Gasteiger partial charge is 0.326 e. The number of rotatable bonds is 5. The first-order valence-electron chi connectivity index (χ1n) is 12.1. The number of benzene rings is 2. The molecular weight excluding hydrogens is 537 g/mol. The molecule has 2 amide bonds. The third-order valence-corrected chi connectivity index (χ3v) is 7.18. The van der Waals surface area contributed by atoms with Gasteiger partial charge in [0.05, 0.1) is 45.2 Å². The van der Waals surface area contributed by atoms with E-state index in [1.807, 2.05) is 44.2 Å². The zero-order valence-corrected chi connectivity index (χ0v) is 22.8. The first-order chi connectivity index (χ1) is 18.7. The van der Waals surface area contributed by atoms with E-state index in [1.165, 1.54) is 4.90 Å². The third-order valence-electron chi connectivity index (χ3n) is 6.46. The summed E-state index contributed by atoms with van der Waals surface area (Å²) in [6.45, 7) is 4.22. The van der Waals surface area contributed by atoms with E-state index in [0.29, 0.717) is 39.8 Å². The number of nitrogens with one attached hydrogen (secondary N) is 3. The molecule has 5 aromatic rings. The van der Waals surface area contributed by atoms with Crippen LogP contribution in [0.1, 0.15) is 16.8 Å². The number of anilines is 6. The number of aromatic amines is 1. The second-order valence-corrected chi connectivity index (χ2v) is 10.1. The highest BCUT2D eigenvalue weighted by molar-refractivity contribution is 6.42. The lowest BCUT2D eigenvalue weighted by Gasteiger charge is -2.35. The van der Waals surface area contributed by atoms with E-state index in [2.05, 4.69) is 35.6 Å². The first-order valence-corrected chi connectivity index (χ1v) is 12.8. The van der Waals surface area contributed by atoms with Crippen molar-refractivity contribution in [1.29, 1.82) is 0 Å². The van der Waals surface area contributed by atoms with E-state index in [0.717, 1.165) is 39.4 Å². The minimum absolute atomic E-state index is 0.197. The number of fused-ring (bicyclic) bond motifs is 2. The molecule has 12 heteroatoms. The standard InChI is InChI=1S/C27H23Cl2N9O/c1-14-4-6-17(32-26-34-21-9-19(28)20(29)10-22(21)35-26)8-23(14)38-13-16-11-31-25(36-24(16)37(3)27(38)39)33-18-7-5-15(2)30-12-18/h4-12H,13H2,1-3H3,(H,31,33,36)(H2,32,34,35). The normalized spacial score (nSPS) is 13.1. The molecule has 1 aliphatic heterocycles. The van der Waals surface area contributed by atoms with Crippen molar-refractivity contribution < 1.29 is 4.79 Å². The minimum atomic E-state index is -0.197. The molecule has 10 nitrogen and oxygen atoms in total. The predicted octanol–water partition coefficient (Wildman–Crippen LogP) is 6.74. The second kappa shape index (κ2) is 9.72. The quantitative estimate of drug-likeness (QED) is 0.218. The van der Waals surface area contributed by atoms with Gasteiger partial charge in [0.1, 0.15) is 5.82 Å². The molecule has 39 heavy (non-hydrogen) atoms. The molecule has 0 fully saturated rings. The van der Waals surface area contributed by atoms with Gasteiger partial charge >= 0.3 is 6.03 Å². The number of H-pyrrole nitrogens is 1. The topological polar surface area (TPSA) is 115 Å². The summed E-state index contributed by atoms with van der Waals surface area (Å²) in [5, 5.41) is 7.31. The summed E-state index contributed by atoms with van der Waals surface area (Å²) >= 11 is 12.3. The maximum Gasteiger partial charge on any atom is 0.330 e. The van der Waals surface area contributed by atoms with Crippen LogP contribution in [0.25, 0.3) is 11.0 Å². The summed E-state index contributed by atoms with van der Waals surface area (Å²) in [7, 11) is 1.71. The monoisotopic (exact) mass is 559 g/mol. The number of imidazole rings is 1. The van der Waals surface area contributed by atoms with Crippen LogP contribution in [0.3, 0.4) is 0 Å². The average Bonchev–Trinajstić information content (AvgIpc) is 3.30. The molecule has 0 bridgehead atoms. The van der Waals surface area contributed by atoms with Crippen molar-refractivity contribution in [3.8, 4) is 0 Å². The SMILES string of the molecule is Cc1ccc(Nc2ncc3c(n2)N(C)C(=O)N(c2cc(Nc4nc5cc(Cl)c(Cl)cc5[nH]4)ccc2C)C3)cn1. The van der Waals surface area contributed by atoms with E-state index >= 15 is 0 Å². The van der Waals surface area contributed by atoms with Crippen LogP contribution in [0, 0.1) is 13.8 Å². The van der Waals surface area contributed by atoms with Crippen molar-refractivity contribution in [1.82, 2.24) is 24.9 Å². The number of carbonyl (C=O) groups excluding carboxylic acids is 1. The largest absolute Gasteiger partial charge is 0.330 e. The maximum atomic E-state index is 13.5. The van der Waals surface area contributed by atoms with Gasteiger partial charge in [-0.25, -0.2) is 14.8 Å². The van der Waals surface area contributed by atoms with Crippen molar-refractivity contribution in [2.45, 2.75) is 20.4 Å². The number of carbonyl (C=O) groups is 1. The van der Waals surface area contributed by atoms with Gasteiger partial charge in [0.15, 0.2) is 0 Å². The number of hydrogen-bond acceptors (Lipinski definition) is 7. The fourth-order valence-electron chi connectivity index (χ4n) is 4.41. The van der Waals surface area contributed by atoms with E-state index in [9.17, 15) is 4.79 Å². The fraction of sp³-hybridized carbons (Fsp3) is 0.148. The van der Waals surface area contributed by atoms with Crippen LogP contribution in [-0.2, 0) is 6.54 Å². The van der Waals surface area contributed by atoms with E-state index in [4.69, 9.17) is 23.2 Å². The number of aryl methyl sites for hydroxylation is 2. The summed E-state index contributed by atoms with van der Waals surface area (Å²) in [6, 6.07) is 12.9. The molecule has 0 saturated carbocycles. The third kappa shape index (κ3) is 4.80. The van der Waals surface area contributed by atoms with Crippen molar-refractivity contribution in [2.24, 2.45) is 0 Å². The van der Waals surface area contributed by atoms with Gasteiger partial charge in [-0.2, -0.15) is 4.98 Å². The summed E-state index contributed by atoms with van der Waals surface area (Å²) < 4.78 is 0. The lowest BCUT2D eigenvalue weighted by molar-refractivity contribution is 0.251. The van der Waals surface area contributed by atoms with E-state index < -0.39 is 0 Å². The molecule has 6 rings (SSSR count). The number of hydrogen-bond donors (Lipinski definition) is 3. The number of nitrogens with zero attached hydrogens (tertiary/aromatic N) is 6. The fourth-order valence-corrected chi connectivity index (χ4v) is 4.73. The van der Waals surface area contributed by atoms with Crippen molar-refractivity contribution in [3.05, 3.63) is 81.7 Å². The van der Waals surface area contributed by atoms with Gasteiger partial charge in [-0.1, -0.05) is 29.3 Å².